The van der Waals surface area contributed by atoms with Crippen molar-refractivity contribution in [3.8, 4) is 22.9 Å². The number of ether oxygens (including phenoxy) is 4. The number of hydrazone groups is 1. The predicted molar refractivity (Wildman–Crippen MR) is 175 cm³/mol. The number of nitrogens with zero attached hydrogens (tertiary/aromatic N) is 3. The second-order valence-corrected chi connectivity index (χ2v) is 11.7. The van der Waals surface area contributed by atoms with Crippen LogP contribution in [0.4, 0.5) is 0 Å². The van der Waals surface area contributed by atoms with Crippen molar-refractivity contribution in [2.45, 2.75) is 20.5 Å². The zero-order valence-corrected chi connectivity index (χ0v) is 28.1. The highest BCUT2D eigenvalue weighted by Gasteiger charge is 2.21. The number of halogens is 2. The summed E-state index contributed by atoms with van der Waals surface area (Å²) in [6.07, 6.45) is 1.45. The van der Waals surface area contributed by atoms with Crippen molar-refractivity contribution in [2.24, 2.45) is 5.10 Å². The summed E-state index contributed by atoms with van der Waals surface area (Å²) in [6.45, 7) is 6.21. The molecule has 4 aromatic rings. The van der Waals surface area contributed by atoms with Gasteiger partial charge in [0.2, 0.25) is 0 Å². The van der Waals surface area contributed by atoms with Gasteiger partial charge in [0.05, 0.1) is 31.0 Å². The largest absolute Gasteiger partial charge is 0.493 e. The molecule has 1 N–H and O–H groups in total. The van der Waals surface area contributed by atoms with Gasteiger partial charge in [-0.1, -0.05) is 0 Å². The van der Waals surface area contributed by atoms with Gasteiger partial charge in [-0.15, -0.1) is 0 Å². The van der Waals surface area contributed by atoms with E-state index in [2.05, 4.69) is 72.9 Å². The van der Waals surface area contributed by atoms with Crippen LogP contribution in [0.5, 0.6) is 17.2 Å². The summed E-state index contributed by atoms with van der Waals surface area (Å²) < 4.78 is 31.4. The number of aryl methyl sites for hydroxylation is 2. The second kappa shape index (κ2) is 14.8. The summed E-state index contributed by atoms with van der Waals surface area (Å²) in [4.78, 5) is 26.9. The van der Waals surface area contributed by atoms with Gasteiger partial charge in [-0.2, -0.15) is 5.10 Å². The Labute approximate surface area is 277 Å². The first kappa shape index (κ1) is 32.3. The average Bonchev–Trinajstić information content (AvgIpc) is 3.67. The molecule has 0 spiro atoms. The summed E-state index contributed by atoms with van der Waals surface area (Å²) in [5, 5.41) is 4.07. The Morgan fingerprint density at radius 3 is 2.38 bits per heavy atom. The topological polar surface area (TPSA) is 117 Å². The monoisotopic (exact) mass is 742 g/mol. The molecule has 0 unspecified atom stereocenters. The van der Waals surface area contributed by atoms with Gasteiger partial charge in [-0.3, -0.25) is 9.59 Å². The lowest BCUT2D eigenvalue weighted by molar-refractivity contribution is -0.137. The van der Waals surface area contributed by atoms with Crippen molar-refractivity contribution in [3.63, 3.8) is 0 Å². The lowest BCUT2D eigenvalue weighted by atomic mass is 10.2. The molecule has 11 nitrogen and oxygen atoms in total. The normalized spacial score (nSPS) is 13.2. The van der Waals surface area contributed by atoms with Crippen molar-refractivity contribution in [1.29, 1.82) is 0 Å². The first-order valence-corrected chi connectivity index (χ1v) is 15.7. The molecule has 2 amide bonds. The van der Waals surface area contributed by atoms with E-state index in [9.17, 15) is 9.59 Å². The first-order valence-electron chi connectivity index (χ1n) is 14.1. The molecular formula is C32H32Br2N4O7. The van der Waals surface area contributed by atoms with Gasteiger partial charge >= 0.3 is 5.91 Å². The highest BCUT2D eigenvalue weighted by molar-refractivity contribution is 9.13. The standard InChI is InChI=1S/C32H32Br2N4O7/c1-20-4-5-21(2)38(20)23-6-8-24(9-7-23)43-18-25-10-11-26(45-25)32(40)36-35-17-22-16-27(41-3)31(30(34)29(22)33)44-19-28(39)37-12-14-42-15-13-37/h4-11,16-17H,12-15,18-19H2,1-3H3,(H,36,40)/b35-17+. The van der Waals surface area contributed by atoms with Gasteiger partial charge in [-0.05, 0) is 100 Å². The van der Waals surface area contributed by atoms with Crippen LogP contribution in [0.1, 0.15) is 33.3 Å². The third kappa shape index (κ3) is 7.78. The number of benzene rings is 2. The summed E-state index contributed by atoms with van der Waals surface area (Å²) in [6, 6.07) is 16.9. The molecule has 0 radical (unpaired) electrons. The summed E-state index contributed by atoms with van der Waals surface area (Å²) in [5.74, 6) is 1.34. The van der Waals surface area contributed by atoms with Crippen LogP contribution in [0.25, 0.3) is 5.69 Å². The molecule has 5 rings (SSSR count). The van der Waals surface area contributed by atoms with Crippen LogP contribution in [0.15, 0.2) is 73.1 Å². The lowest BCUT2D eigenvalue weighted by Crippen LogP contribution is -2.43. The van der Waals surface area contributed by atoms with E-state index in [1.54, 1.807) is 23.1 Å². The minimum atomic E-state index is -0.525. The maximum atomic E-state index is 12.7. The van der Waals surface area contributed by atoms with E-state index in [-0.39, 0.29) is 24.9 Å². The van der Waals surface area contributed by atoms with E-state index in [1.807, 2.05) is 24.3 Å². The molecule has 3 heterocycles. The van der Waals surface area contributed by atoms with E-state index in [0.29, 0.717) is 63.8 Å². The van der Waals surface area contributed by atoms with E-state index >= 15 is 0 Å². The molecule has 1 aliphatic rings. The number of carbonyl (C=O) groups is 2. The molecular weight excluding hydrogens is 712 g/mol. The van der Waals surface area contributed by atoms with E-state index in [0.717, 1.165) is 17.1 Å². The third-order valence-electron chi connectivity index (χ3n) is 7.08. The van der Waals surface area contributed by atoms with Crippen LogP contribution < -0.4 is 19.6 Å². The summed E-state index contributed by atoms with van der Waals surface area (Å²) >= 11 is 7.02. The molecule has 1 fully saturated rings. The fourth-order valence-electron chi connectivity index (χ4n) is 4.74. The molecule has 0 bridgehead atoms. The molecule has 1 aliphatic heterocycles. The van der Waals surface area contributed by atoms with Crippen molar-refractivity contribution in [3.05, 3.63) is 92.0 Å². The lowest BCUT2D eigenvalue weighted by Gasteiger charge is -2.27. The third-order valence-corrected chi connectivity index (χ3v) is 9.22. The number of hydrogen-bond acceptors (Lipinski definition) is 8. The maximum absolute atomic E-state index is 12.7. The Hall–Kier alpha value is -4.07. The minimum absolute atomic E-state index is 0.0890. The smallest absolute Gasteiger partial charge is 0.307 e. The number of nitrogens with one attached hydrogen (secondary N) is 1. The number of furan rings is 1. The Kier molecular flexibility index (Phi) is 10.6. The van der Waals surface area contributed by atoms with Gasteiger partial charge in [0.1, 0.15) is 18.1 Å². The van der Waals surface area contributed by atoms with E-state index in [4.69, 9.17) is 23.4 Å². The summed E-state index contributed by atoms with van der Waals surface area (Å²) in [5.41, 5.74) is 6.42. The molecule has 0 aliphatic carbocycles. The minimum Gasteiger partial charge on any atom is -0.493 e. The molecule has 0 saturated carbocycles. The molecule has 2 aromatic heterocycles. The van der Waals surface area contributed by atoms with Crippen molar-refractivity contribution in [2.75, 3.05) is 40.0 Å². The number of rotatable bonds is 11. The van der Waals surface area contributed by atoms with Crippen molar-refractivity contribution < 1.29 is 33.0 Å². The highest BCUT2D eigenvalue weighted by Crippen LogP contribution is 2.42. The first-order chi connectivity index (χ1) is 21.7. The SMILES string of the molecule is COc1cc(/C=N/NC(=O)c2ccc(COc3ccc(-n4c(C)ccc4C)cc3)o2)c(Br)c(Br)c1OCC(=O)N1CCOCC1. The number of amides is 2. The van der Waals surface area contributed by atoms with Crippen LogP contribution in [-0.4, -0.2) is 67.5 Å². The number of morpholine rings is 1. The number of aromatic nitrogens is 1. The van der Waals surface area contributed by atoms with Gasteiger partial charge in [0, 0.05) is 40.2 Å². The molecule has 0 atom stereocenters. The van der Waals surface area contributed by atoms with Crippen LogP contribution in [0, 0.1) is 13.8 Å². The Balaban J connectivity index is 1.15. The van der Waals surface area contributed by atoms with Crippen LogP contribution in [0.2, 0.25) is 0 Å². The zero-order chi connectivity index (χ0) is 31.9. The van der Waals surface area contributed by atoms with Gasteiger partial charge < -0.3 is 32.8 Å². The predicted octanol–water partition coefficient (Wildman–Crippen LogP) is 5.80. The Morgan fingerprint density at radius 2 is 1.69 bits per heavy atom. The van der Waals surface area contributed by atoms with Gasteiger partial charge in [0.25, 0.3) is 5.91 Å². The van der Waals surface area contributed by atoms with Crippen molar-refractivity contribution in [1.82, 2.24) is 14.9 Å². The highest BCUT2D eigenvalue weighted by atomic mass is 79.9. The van der Waals surface area contributed by atoms with Crippen LogP contribution in [-0.2, 0) is 16.1 Å². The fourth-order valence-corrected chi connectivity index (χ4v) is 5.67. The van der Waals surface area contributed by atoms with Crippen molar-refractivity contribution >= 4 is 49.9 Å². The number of carbonyl (C=O) groups excluding carboxylic acids is 2. The van der Waals surface area contributed by atoms with Crippen LogP contribution in [0.3, 0.4) is 0 Å². The van der Waals surface area contributed by atoms with Crippen LogP contribution >= 0.6 is 31.9 Å². The second-order valence-electron chi connectivity index (χ2n) is 10.1. The number of methoxy groups -OCH3 is 1. The van der Waals surface area contributed by atoms with E-state index in [1.165, 1.54) is 13.3 Å². The van der Waals surface area contributed by atoms with E-state index < -0.39 is 5.91 Å². The molecule has 236 valence electrons. The average molecular weight is 744 g/mol. The van der Waals surface area contributed by atoms with Gasteiger partial charge in [-0.25, -0.2) is 5.43 Å². The van der Waals surface area contributed by atoms with Gasteiger partial charge in [0.15, 0.2) is 23.9 Å². The molecule has 45 heavy (non-hydrogen) atoms. The fraction of sp³-hybridized carbons (Fsp3) is 0.281. The quantitative estimate of drug-likeness (QED) is 0.153. The summed E-state index contributed by atoms with van der Waals surface area (Å²) in [7, 11) is 1.49. The zero-order valence-electron chi connectivity index (χ0n) is 25.0. The Bertz CT molecular complexity index is 1670. The molecule has 1 saturated heterocycles. The molecule has 2 aromatic carbocycles. The maximum Gasteiger partial charge on any atom is 0.307 e. The number of hydrogen-bond donors (Lipinski definition) is 1. The Morgan fingerprint density at radius 1 is 0.978 bits per heavy atom. The molecule has 13 heteroatoms.